The third kappa shape index (κ3) is 5.90. The van der Waals surface area contributed by atoms with E-state index in [0.717, 1.165) is 19.3 Å². The number of carbonyl (C=O) groups excluding carboxylic acids is 1. The first-order valence-corrected chi connectivity index (χ1v) is 14.5. The van der Waals surface area contributed by atoms with Gasteiger partial charge in [-0.05, 0) is 43.8 Å². The minimum Gasteiger partial charge on any atom is -0.518 e. The van der Waals surface area contributed by atoms with Crippen molar-refractivity contribution in [1.29, 1.82) is 0 Å². The molecule has 4 unspecified atom stereocenters. The molecule has 0 aromatic heterocycles. The molecule has 1 radical (unpaired) electrons. The fourth-order valence-electron chi connectivity index (χ4n) is 3.98. The van der Waals surface area contributed by atoms with E-state index in [1.54, 1.807) is 0 Å². The maximum atomic E-state index is 13.6. The zero-order chi connectivity index (χ0) is 21.3. The van der Waals surface area contributed by atoms with Gasteiger partial charge in [-0.1, -0.05) is 67.7 Å². The van der Waals surface area contributed by atoms with Gasteiger partial charge >= 0.3 is 9.28 Å². The molecule has 0 spiro atoms. The molecule has 0 rings (SSSR count). The summed E-state index contributed by atoms with van der Waals surface area (Å²) < 4.78 is 18.5. The Morgan fingerprint density at radius 2 is 1.22 bits per heavy atom. The summed E-state index contributed by atoms with van der Waals surface area (Å²) in [5.74, 6) is -0.0895. The lowest BCUT2D eigenvalue weighted by atomic mass is 10.1. The first kappa shape index (κ1) is 26.8. The number of carbonyl (C=O) groups is 1. The Labute approximate surface area is 171 Å². The molecule has 0 N–H and O–H groups in total. The smallest absolute Gasteiger partial charge is 0.402 e. The minimum atomic E-state index is -2.33. The van der Waals surface area contributed by atoms with E-state index in [1.807, 2.05) is 27.7 Å². The van der Waals surface area contributed by atoms with Gasteiger partial charge in [0.2, 0.25) is 0 Å². The van der Waals surface area contributed by atoms with Crippen LogP contribution in [0.1, 0.15) is 94.9 Å². The van der Waals surface area contributed by atoms with Gasteiger partial charge in [0.25, 0.3) is 14.3 Å². The summed E-state index contributed by atoms with van der Waals surface area (Å²) in [6.45, 7) is 22.6. The summed E-state index contributed by atoms with van der Waals surface area (Å²) in [7, 11) is -4.08. The van der Waals surface area contributed by atoms with Crippen LogP contribution in [0.25, 0.3) is 0 Å². The second-order valence-corrected chi connectivity index (χ2v) is 15.1. The fourth-order valence-corrected chi connectivity index (χ4v) is 11.8. The number of rotatable bonds is 14. The highest BCUT2D eigenvalue weighted by atomic mass is 28.4. The zero-order valence-corrected chi connectivity index (χ0v) is 21.6. The quantitative estimate of drug-likeness (QED) is 0.298. The summed E-state index contributed by atoms with van der Waals surface area (Å²) >= 11 is 0. The van der Waals surface area contributed by atoms with Crippen molar-refractivity contribution in [2.45, 2.75) is 117 Å². The van der Waals surface area contributed by atoms with Gasteiger partial charge in [0.05, 0.1) is 0 Å². The van der Waals surface area contributed by atoms with Crippen LogP contribution in [0.4, 0.5) is 0 Å². The molecule has 0 bridgehead atoms. The van der Waals surface area contributed by atoms with Crippen molar-refractivity contribution in [2.24, 2.45) is 0 Å². The first-order chi connectivity index (χ1) is 12.7. The molecule has 0 fully saturated rings. The molecule has 4 nitrogen and oxygen atoms in total. The van der Waals surface area contributed by atoms with Crippen LogP contribution in [0, 0.1) is 0 Å². The monoisotopic (exact) mass is 417 g/mol. The van der Waals surface area contributed by atoms with E-state index in [2.05, 4.69) is 41.5 Å². The van der Waals surface area contributed by atoms with E-state index >= 15 is 0 Å². The Hall–Kier alpha value is -0.176. The van der Waals surface area contributed by atoms with E-state index in [1.165, 1.54) is 0 Å². The minimum absolute atomic E-state index is 0.0895. The SMILES string of the molecule is CCO[Si](OCC)C(C)(CC)C(=O)O[Si](C(C)CC)(C(C)CC)C(C)CC. The normalized spacial score (nSPS) is 19.8. The lowest BCUT2D eigenvalue weighted by Crippen LogP contribution is -2.54. The molecule has 161 valence electrons. The van der Waals surface area contributed by atoms with Crippen molar-refractivity contribution in [1.82, 2.24) is 0 Å². The molecule has 6 heteroatoms. The first-order valence-electron chi connectivity index (χ1n) is 11.0. The third-order valence-corrected chi connectivity index (χ3v) is 15.5. The van der Waals surface area contributed by atoms with Crippen LogP contribution in [-0.4, -0.2) is 36.8 Å². The summed E-state index contributed by atoms with van der Waals surface area (Å²) in [6.07, 6.45) is 3.81. The molecule has 27 heavy (non-hydrogen) atoms. The van der Waals surface area contributed by atoms with Crippen molar-refractivity contribution in [2.75, 3.05) is 13.2 Å². The van der Waals surface area contributed by atoms with Crippen LogP contribution in [0.3, 0.4) is 0 Å². The predicted molar refractivity (Wildman–Crippen MR) is 119 cm³/mol. The van der Waals surface area contributed by atoms with E-state index < -0.39 is 22.6 Å². The molecule has 0 aliphatic rings. The summed E-state index contributed by atoms with van der Waals surface area (Å²) in [5.41, 5.74) is 1.30. The van der Waals surface area contributed by atoms with E-state index in [9.17, 15) is 4.79 Å². The van der Waals surface area contributed by atoms with Gasteiger partial charge in [-0.2, -0.15) is 0 Å². The Morgan fingerprint density at radius 1 is 0.852 bits per heavy atom. The van der Waals surface area contributed by atoms with E-state index in [0.29, 0.717) is 36.3 Å². The molecule has 0 amide bonds. The van der Waals surface area contributed by atoms with E-state index in [4.69, 9.17) is 13.3 Å². The van der Waals surface area contributed by atoms with Gasteiger partial charge in [0, 0.05) is 13.2 Å². The molecule has 0 heterocycles. The molecular formula is C21H45O4Si2. The van der Waals surface area contributed by atoms with Crippen molar-refractivity contribution in [3.05, 3.63) is 0 Å². The third-order valence-electron chi connectivity index (χ3n) is 6.58. The van der Waals surface area contributed by atoms with Gasteiger partial charge in [0.1, 0.15) is 5.04 Å². The average Bonchev–Trinajstić information content (AvgIpc) is 2.68. The molecular weight excluding hydrogens is 372 g/mol. The van der Waals surface area contributed by atoms with Gasteiger partial charge in [-0.25, -0.2) is 0 Å². The van der Waals surface area contributed by atoms with Crippen LogP contribution in [0.15, 0.2) is 0 Å². The maximum absolute atomic E-state index is 13.6. The maximum Gasteiger partial charge on any atom is 0.402 e. The lowest BCUT2D eigenvalue weighted by Gasteiger charge is -2.46. The number of hydrogen-bond donors (Lipinski definition) is 0. The Kier molecular flexibility index (Phi) is 12.3. The van der Waals surface area contributed by atoms with Gasteiger partial charge < -0.3 is 13.3 Å². The van der Waals surface area contributed by atoms with Crippen molar-refractivity contribution < 1.29 is 18.1 Å². The van der Waals surface area contributed by atoms with Crippen LogP contribution >= 0.6 is 0 Å². The molecule has 0 aromatic rings. The topological polar surface area (TPSA) is 44.8 Å². The van der Waals surface area contributed by atoms with Crippen LogP contribution < -0.4 is 0 Å². The number of hydrogen-bond acceptors (Lipinski definition) is 4. The average molecular weight is 418 g/mol. The Bertz CT molecular complexity index is 400. The fraction of sp³-hybridized carbons (Fsp3) is 0.952. The van der Waals surface area contributed by atoms with E-state index in [-0.39, 0.29) is 5.97 Å². The van der Waals surface area contributed by atoms with Crippen molar-refractivity contribution >= 4 is 23.6 Å². The summed E-state index contributed by atoms with van der Waals surface area (Å²) in [5, 5.41) is -0.691. The van der Waals surface area contributed by atoms with Gasteiger partial charge in [-0.15, -0.1) is 0 Å². The Balaban J connectivity index is 6.08. The van der Waals surface area contributed by atoms with Crippen molar-refractivity contribution in [3.63, 3.8) is 0 Å². The summed E-state index contributed by atoms with van der Waals surface area (Å²) in [4.78, 5) is 13.6. The van der Waals surface area contributed by atoms with Crippen LogP contribution in [-0.2, 0) is 18.1 Å². The second kappa shape index (κ2) is 12.4. The molecule has 0 saturated heterocycles. The predicted octanol–water partition coefficient (Wildman–Crippen LogP) is 6.61. The molecule has 0 aliphatic carbocycles. The van der Waals surface area contributed by atoms with Gasteiger partial charge in [0.15, 0.2) is 0 Å². The van der Waals surface area contributed by atoms with Crippen LogP contribution in [0.2, 0.25) is 21.7 Å². The van der Waals surface area contributed by atoms with Crippen molar-refractivity contribution in [3.8, 4) is 0 Å². The highest BCUT2D eigenvalue weighted by Gasteiger charge is 2.55. The zero-order valence-electron chi connectivity index (χ0n) is 19.6. The second-order valence-electron chi connectivity index (χ2n) is 8.01. The summed E-state index contributed by atoms with van der Waals surface area (Å²) in [6, 6.07) is 0. The largest absolute Gasteiger partial charge is 0.518 e. The molecule has 0 saturated carbocycles. The molecule has 4 atom stereocenters. The lowest BCUT2D eigenvalue weighted by molar-refractivity contribution is -0.140. The van der Waals surface area contributed by atoms with Gasteiger partial charge in [-0.3, -0.25) is 4.79 Å². The standard InChI is InChI=1S/C21H45O4Si2/c1-11-17(7)27(18(8)12-2,19(9)13-3)25-20(22)21(10,14-4)26(23-15-5)24-16-6/h17-19H,11-16H2,1-10H3. The van der Waals surface area contributed by atoms with Crippen LogP contribution in [0.5, 0.6) is 0 Å². The molecule has 0 aromatic carbocycles. The highest BCUT2D eigenvalue weighted by molar-refractivity contribution is 6.79. The Morgan fingerprint density at radius 3 is 1.48 bits per heavy atom. The highest BCUT2D eigenvalue weighted by Crippen LogP contribution is 2.49. The molecule has 0 aliphatic heterocycles.